The molecule has 5 heteroatoms. The van der Waals surface area contributed by atoms with Crippen LogP contribution >= 0.6 is 0 Å². The molecule has 1 aromatic rings. The number of ether oxygens (including phenoxy) is 2. The van der Waals surface area contributed by atoms with Crippen molar-refractivity contribution in [2.24, 2.45) is 0 Å². The van der Waals surface area contributed by atoms with Crippen molar-refractivity contribution in [2.45, 2.75) is 0 Å². The smallest absolute Gasteiger partial charge is 0.358 e. The molecule has 1 heterocycles. The first-order valence-corrected chi connectivity index (χ1v) is 3.51. The van der Waals surface area contributed by atoms with Crippen molar-refractivity contribution in [3.63, 3.8) is 0 Å². The lowest BCUT2D eigenvalue weighted by Crippen LogP contribution is -2.04. The van der Waals surface area contributed by atoms with Crippen molar-refractivity contribution in [3.05, 3.63) is 17.8 Å². The topological polar surface area (TPSA) is 68.7 Å². The van der Waals surface area contributed by atoms with Gasteiger partial charge in [0.1, 0.15) is 0 Å². The van der Waals surface area contributed by atoms with E-state index >= 15 is 0 Å². The molecule has 1 N–H and O–H groups in total. The lowest BCUT2D eigenvalue weighted by molar-refractivity contribution is 0.0685. The summed E-state index contributed by atoms with van der Waals surface area (Å²) in [6.45, 7) is 0. The molecule has 0 amide bonds. The van der Waals surface area contributed by atoms with E-state index in [9.17, 15) is 4.79 Å². The van der Waals surface area contributed by atoms with Crippen LogP contribution in [0.4, 0.5) is 0 Å². The summed E-state index contributed by atoms with van der Waals surface area (Å²) < 4.78 is 9.58. The van der Waals surface area contributed by atoms with E-state index in [-0.39, 0.29) is 17.3 Å². The normalized spacial score (nSPS) is 9.38. The molecule has 5 nitrogen and oxygen atoms in total. The van der Waals surface area contributed by atoms with Crippen molar-refractivity contribution < 1.29 is 19.4 Å². The van der Waals surface area contributed by atoms with Gasteiger partial charge in [-0.2, -0.15) is 0 Å². The molecule has 0 aliphatic rings. The number of carboxylic acids is 1. The van der Waals surface area contributed by atoms with Crippen LogP contribution in [0.25, 0.3) is 0 Å². The molecule has 0 fully saturated rings. The maximum Gasteiger partial charge on any atom is 0.358 e. The van der Waals surface area contributed by atoms with Gasteiger partial charge in [-0.15, -0.1) is 0 Å². The van der Waals surface area contributed by atoms with E-state index in [1.165, 1.54) is 26.4 Å². The average molecular weight is 183 g/mol. The number of rotatable bonds is 3. The van der Waals surface area contributed by atoms with E-state index in [1.807, 2.05) is 0 Å². The Labute approximate surface area is 74.9 Å². The first kappa shape index (κ1) is 9.31. The second-order valence-electron chi connectivity index (χ2n) is 2.21. The van der Waals surface area contributed by atoms with E-state index in [2.05, 4.69) is 4.98 Å². The number of hydrogen-bond acceptors (Lipinski definition) is 4. The van der Waals surface area contributed by atoms with Gasteiger partial charge in [0.25, 0.3) is 0 Å². The number of hydrogen-bond donors (Lipinski definition) is 1. The molecule has 0 spiro atoms. The Balaban J connectivity index is 3.18. The van der Waals surface area contributed by atoms with Gasteiger partial charge in [-0.3, -0.25) is 0 Å². The monoisotopic (exact) mass is 183 g/mol. The first-order valence-electron chi connectivity index (χ1n) is 3.51. The Hall–Kier alpha value is -1.78. The molecule has 70 valence electrons. The fourth-order valence-electron chi connectivity index (χ4n) is 0.860. The number of carboxylic acid groups (broad SMARTS) is 1. The van der Waals surface area contributed by atoms with Crippen LogP contribution in [-0.2, 0) is 0 Å². The summed E-state index contributed by atoms with van der Waals surface area (Å²) in [4.78, 5) is 14.4. The Kier molecular flexibility index (Phi) is 2.69. The quantitative estimate of drug-likeness (QED) is 0.750. The van der Waals surface area contributed by atoms with E-state index in [1.54, 1.807) is 0 Å². The zero-order valence-electron chi connectivity index (χ0n) is 7.27. The highest BCUT2D eigenvalue weighted by atomic mass is 16.5. The maximum absolute atomic E-state index is 10.7. The summed E-state index contributed by atoms with van der Waals surface area (Å²) in [6.07, 6.45) is 0. The van der Waals surface area contributed by atoms with E-state index in [0.717, 1.165) is 0 Å². The Bertz CT molecular complexity index is 324. The summed E-state index contributed by atoms with van der Waals surface area (Å²) in [6, 6.07) is 3.03. The molecule has 0 saturated carbocycles. The largest absolute Gasteiger partial charge is 0.494 e. The standard InChI is InChI=1S/C8H9NO4/c1-12-5-3-4-6(13-2)9-7(5)8(10)11/h3-4H,1-2H3,(H,10,11). The van der Waals surface area contributed by atoms with E-state index < -0.39 is 5.97 Å². The molecule has 0 saturated heterocycles. The van der Waals surface area contributed by atoms with Gasteiger partial charge in [-0.1, -0.05) is 0 Å². The van der Waals surface area contributed by atoms with Crippen LogP contribution in [0.5, 0.6) is 11.6 Å². The minimum absolute atomic E-state index is 0.151. The highest BCUT2D eigenvalue weighted by Crippen LogP contribution is 2.19. The lowest BCUT2D eigenvalue weighted by atomic mass is 10.3. The minimum atomic E-state index is -1.14. The Morgan fingerprint density at radius 1 is 1.38 bits per heavy atom. The molecule has 1 rings (SSSR count). The molecule has 13 heavy (non-hydrogen) atoms. The molecule has 0 aliphatic heterocycles. The van der Waals surface area contributed by atoms with Crippen molar-refractivity contribution in [2.75, 3.05) is 14.2 Å². The van der Waals surface area contributed by atoms with Crippen LogP contribution in [0.3, 0.4) is 0 Å². The van der Waals surface area contributed by atoms with Crippen LogP contribution in [0, 0.1) is 0 Å². The number of aromatic carboxylic acids is 1. The molecule has 0 unspecified atom stereocenters. The highest BCUT2D eigenvalue weighted by Gasteiger charge is 2.13. The number of pyridine rings is 1. The van der Waals surface area contributed by atoms with Crippen LogP contribution in [0.2, 0.25) is 0 Å². The van der Waals surface area contributed by atoms with Gasteiger partial charge in [-0.05, 0) is 6.07 Å². The number of nitrogens with zero attached hydrogens (tertiary/aromatic N) is 1. The van der Waals surface area contributed by atoms with Crippen LogP contribution in [-0.4, -0.2) is 30.3 Å². The third-order valence-electron chi connectivity index (χ3n) is 1.46. The molecule has 1 aromatic heterocycles. The molecular formula is C8H9NO4. The van der Waals surface area contributed by atoms with Crippen molar-refractivity contribution in [1.82, 2.24) is 4.98 Å². The van der Waals surface area contributed by atoms with Crippen LogP contribution in [0.1, 0.15) is 10.5 Å². The third-order valence-corrected chi connectivity index (χ3v) is 1.46. The Morgan fingerprint density at radius 3 is 2.54 bits per heavy atom. The van der Waals surface area contributed by atoms with Gasteiger partial charge in [0.15, 0.2) is 11.4 Å². The number of methoxy groups -OCH3 is 2. The zero-order chi connectivity index (χ0) is 9.84. The second-order valence-corrected chi connectivity index (χ2v) is 2.21. The molecule has 0 radical (unpaired) electrons. The van der Waals surface area contributed by atoms with E-state index in [4.69, 9.17) is 14.6 Å². The average Bonchev–Trinajstić information content (AvgIpc) is 2.16. The van der Waals surface area contributed by atoms with E-state index in [0.29, 0.717) is 0 Å². The number of carbonyl (C=O) groups is 1. The second kappa shape index (κ2) is 3.75. The van der Waals surface area contributed by atoms with Gasteiger partial charge < -0.3 is 14.6 Å². The van der Waals surface area contributed by atoms with Gasteiger partial charge in [0, 0.05) is 6.07 Å². The predicted octanol–water partition coefficient (Wildman–Crippen LogP) is 0.797. The van der Waals surface area contributed by atoms with Crippen LogP contribution < -0.4 is 9.47 Å². The van der Waals surface area contributed by atoms with Gasteiger partial charge >= 0.3 is 5.97 Å². The zero-order valence-corrected chi connectivity index (χ0v) is 7.27. The van der Waals surface area contributed by atoms with Gasteiger partial charge in [-0.25, -0.2) is 9.78 Å². The summed E-state index contributed by atoms with van der Waals surface area (Å²) in [5.74, 6) is -0.678. The molecule has 0 atom stereocenters. The summed E-state index contributed by atoms with van der Waals surface area (Å²) in [7, 11) is 2.80. The third kappa shape index (κ3) is 1.87. The van der Waals surface area contributed by atoms with Gasteiger partial charge in [0.05, 0.1) is 14.2 Å². The first-order chi connectivity index (χ1) is 6.19. The molecule has 0 bridgehead atoms. The predicted molar refractivity (Wildman–Crippen MR) is 44.3 cm³/mol. The van der Waals surface area contributed by atoms with Gasteiger partial charge in [0.2, 0.25) is 5.88 Å². The fraction of sp³-hybridized carbons (Fsp3) is 0.250. The summed E-state index contributed by atoms with van der Waals surface area (Å²) >= 11 is 0. The molecule has 0 aliphatic carbocycles. The van der Waals surface area contributed by atoms with Crippen molar-refractivity contribution >= 4 is 5.97 Å². The lowest BCUT2D eigenvalue weighted by Gasteiger charge is -2.04. The van der Waals surface area contributed by atoms with Crippen molar-refractivity contribution in [1.29, 1.82) is 0 Å². The maximum atomic E-state index is 10.7. The summed E-state index contributed by atoms with van der Waals surface area (Å²) in [5.41, 5.74) is -0.151. The minimum Gasteiger partial charge on any atom is -0.494 e. The highest BCUT2D eigenvalue weighted by molar-refractivity contribution is 5.88. The number of aromatic nitrogens is 1. The fourth-order valence-corrected chi connectivity index (χ4v) is 0.860. The SMILES string of the molecule is COc1ccc(OC)c(C(=O)O)n1. The molecular weight excluding hydrogens is 174 g/mol. The van der Waals surface area contributed by atoms with Crippen molar-refractivity contribution in [3.8, 4) is 11.6 Å². The molecule has 0 aromatic carbocycles. The Morgan fingerprint density at radius 2 is 2.08 bits per heavy atom. The van der Waals surface area contributed by atoms with Crippen LogP contribution in [0.15, 0.2) is 12.1 Å². The summed E-state index contributed by atoms with van der Waals surface area (Å²) in [5, 5.41) is 8.72.